The Hall–Kier alpha value is -0.150. The second-order valence-corrected chi connectivity index (χ2v) is 2.69. The van der Waals surface area contributed by atoms with E-state index in [1.165, 1.54) is 13.0 Å². The Morgan fingerprint density at radius 1 is 1.36 bits per heavy atom. The van der Waals surface area contributed by atoms with Gasteiger partial charge in [-0.05, 0) is 26.1 Å². The number of hydrogen-bond donors (Lipinski definition) is 1. The molecule has 0 fully saturated rings. The van der Waals surface area contributed by atoms with Crippen LogP contribution in [0.15, 0.2) is 0 Å². The molecule has 0 spiro atoms. The summed E-state index contributed by atoms with van der Waals surface area (Å²) in [6.07, 6.45) is 1.18. The smallest absolute Gasteiger partial charge is 0.0614 e. The van der Waals surface area contributed by atoms with E-state index in [0.717, 1.165) is 19.6 Å². The number of thiocarbonyl (C=S) groups is 1. The van der Waals surface area contributed by atoms with Crippen molar-refractivity contribution in [2.24, 2.45) is 0 Å². The van der Waals surface area contributed by atoms with Crippen LogP contribution in [-0.4, -0.2) is 36.6 Å². The monoisotopic (exact) mass is 174 g/mol. The first-order chi connectivity index (χ1) is 5.35. The fourth-order valence-electron chi connectivity index (χ4n) is 1.00. The van der Waals surface area contributed by atoms with Crippen molar-refractivity contribution in [3.8, 4) is 0 Å². The van der Waals surface area contributed by atoms with Crippen LogP contribution in [0.2, 0.25) is 0 Å². The van der Waals surface area contributed by atoms with Gasteiger partial charge in [0.05, 0.1) is 5.49 Å². The van der Waals surface area contributed by atoms with Crippen molar-refractivity contribution < 1.29 is 0 Å². The fraction of sp³-hybridized carbons (Fsp3) is 0.875. The molecule has 2 nitrogen and oxygen atoms in total. The summed E-state index contributed by atoms with van der Waals surface area (Å²) in [4.78, 5) is 2.41. The van der Waals surface area contributed by atoms with E-state index in [1.807, 2.05) is 0 Å². The van der Waals surface area contributed by atoms with Gasteiger partial charge in [0.15, 0.2) is 0 Å². The van der Waals surface area contributed by atoms with E-state index in [4.69, 9.17) is 0 Å². The molecule has 3 heteroatoms. The summed E-state index contributed by atoms with van der Waals surface area (Å²) >= 11 is 4.64. The van der Waals surface area contributed by atoms with Gasteiger partial charge in [-0.3, -0.25) is 0 Å². The number of hydrogen-bond acceptors (Lipinski definition) is 2. The van der Waals surface area contributed by atoms with Crippen molar-refractivity contribution in [1.29, 1.82) is 0 Å². The Kier molecular flexibility index (Phi) is 7.84. The molecule has 0 bridgehead atoms. The first kappa shape index (κ1) is 10.8. The molecule has 0 aromatic heterocycles. The van der Waals surface area contributed by atoms with Gasteiger partial charge < -0.3 is 10.2 Å². The van der Waals surface area contributed by atoms with Crippen LogP contribution in [0.4, 0.5) is 0 Å². The van der Waals surface area contributed by atoms with E-state index in [-0.39, 0.29) is 0 Å². The van der Waals surface area contributed by atoms with Crippen molar-refractivity contribution in [3.63, 3.8) is 0 Å². The van der Waals surface area contributed by atoms with E-state index in [2.05, 4.69) is 36.3 Å². The number of nitrogens with one attached hydrogen (secondary N) is 1. The summed E-state index contributed by atoms with van der Waals surface area (Å²) in [7, 11) is 0. The Labute approximate surface area is 75.0 Å². The SMILES string of the molecule is CCN(CC)CCCNC=S. The average Bonchev–Trinajstić information content (AvgIpc) is 2.05. The molecule has 0 aromatic rings. The molecule has 0 aromatic carbocycles. The lowest BCUT2D eigenvalue weighted by Gasteiger charge is -2.17. The standard InChI is InChI=1S/C8H18N2S/c1-3-10(4-2)7-5-6-9-8-11/h8H,3-7H2,1-2H3,(H,9,11). The minimum atomic E-state index is 1.00. The summed E-state index contributed by atoms with van der Waals surface area (Å²) in [5.74, 6) is 0. The Bertz CT molecular complexity index is 92.1. The third-order valence-corrected chi connectivity index (χ3v) is 1.94. The molecule has 0 saturated heterocycles. The molecule has 0 amide bonds. The molecule has 66 valence electrons. The second kappa shape index (κ2) is 7.95. The highest BCUT2D eigenvalue weighted by atomic mass is 32.1. The van der Waals surface area contributed by atoms with Crippen molar-refractivity contribution in [3.05, 3.63) is 0 Å². The van der Waals surface area contributed by atoms with Gasteiger partial charge in [0.2, 0.25) is 0 Å². The normalized spacial score (nSPS) is 10.1. The molecule has 0 radical (unpaired) electrons. The second-order valence-electron chi connectivity index (χ2n) is 2.45. The first-order valence-electron chi connectivity index (χ1n) is 4.24. The van der Waals surface area contributed by atoms with Crippen LogP contribution in [-0.2, 0) is 0 Å². The van der Waals surface area contributed by atoms with Crippen LogP contribution >= 0.6 is 12.2 Å². The summed E-state index contributed by atoms with van der Waals surface area (Å²) in [6, 6.07) is 0. The minimum absolute atomic E-state index is 1.00. The summed E-state index contributed by atoms with van der Waals surface area (Å²) in [5.41, 5.74) is 1.59. The van der Waals surface area contributed by atoms with E-state index in [9.17, 15) is 0 Å². The van der Waals surface area contributed by atoms with Crippen LogP contribution in [0.3, 0.4) is 0 Å². The lowest BCUT2D eigenvalue weighted by molar-refractivity contribution is 0.300. The van der Waals surface area contributed by atoms with E-state index >= 15 is 0 Å². The Morgan fingerprint density at radius 3 is 2.45 bits per heavy atom. The summed E-state index contributed by atoms with van der Waals surface area (Å²) in [5, 5.41) is 3.01. The quantitative estimate of drug-likeness (QED) is 0.462. The average molecular weight is 174 g/mol. The minimum Gasteiger partial charge on any atom is -0.382 e. The maximum absolute atomic E-state index is 4.64. The highest BCUT2D eigenvalue weighted by Crippen LogP contribution is 1.88. The predicted molar refractivity (Wildman–Crippen MR) is 54.1 cm³/mol. The number of nitrogens with zero attached hydrogens (tertiary/aromatic N) is 1. The highest BCUT2D eigenvalue weighted by Gasteiger charge is 1.95. The molecule has 0 aliphatic carbocycles. The van der Waals surface area contributed by atoms with Crippen LogP contribution < -0.4 is 5.32 Å². The van der Waals surface area contributed by atoms with Gasteiger partial charge in [0.1, 0.15) is 0 Å². The lowest BCUT2D eigenvalue weighted by atomic mass is 10.4. The molecule has 0 unspecified atom stereocenters. The van der Waals surface area contributed by atoms with Gasteiger partial charge in [-0.15, -0.1) is 0 Å². The van der Waals surface area contributed by atoms with Gasteiger partial charge >= 0.3 is 0 Å². The molecule has 0 aliphatic heterocycles. The zero-order valence-electron chi connectivity index (χ0n) is 7.47. The third kappa shape index (κ3) is 6.26. The molecule has 0 atom stereocenters. The molecular formula is C8H18N2S. The zero-order valence-corrected chi connectivity index (χ0v) is 8.28. The molecule has 0 saturated carbocycles. The zero-order chi connectivity index (χ0) is 8.53. The van der Waals surface area contributed by atoms with E-state index < -0.39 is 0 Å². The Balaban J connectivity index is 3.13. The summed E-state index contributed by atoms with van der Waals surface area (Å²) in [6.45, 7) is 8.84. The maximum Gasteiger partial charge on any atom is 0.0614 e. The third-order valence-electron chi connectivity index (χ3n) is 1.77. The van der Waals surface area contributed by atoms with Crippen LogP contribution in [0, 0.1) is 0 Å². The predicted octanol–water partition coefficient (Wildman–Crippen LogP) is 1.27. The fourth-order valence-corrected chi connectivity index (χ4v) is 1.12. The molecule has 11 heavy (non-hydrogen) atoms. The van der Waals surface area contributed by atoms with Crippen LogP contribution in [0.1, 0.15) is 20.3 Å². The van der Waals surface area contributed by atoms with Gasteiger partial charge in [0.25, 0.3) is 0 Å². The maximum atomic E-state index is 4.64. The van der Waals surface area contributed by atoms with Gasteiger partial charge in [-0.25, -0.2) is 0 Å². The topological polar surface area (TPSA) is 15.3 Å². The van der Waals surface area contributed by atoms with Crippen molar-refractivity contribution in [2.45, 2.75) is 20.3 Å². The molecule has 0 rings (SSSR count). The Morgan fingerprint density at radius 2 is 2.00 bits per heavy atom. The molecule has 0 aliphatic rings. The van der Waals surface area contributed by atoms with E-state index in [1.54, 1.807) is 5.49 Å². The molecule has 1 N–H and O–H groups in total. The van der Waals surface area contributed by atoms with Crippen molar-refractivity contribution >= 4 is 17.7 Å². The number of rotatable bonds is 7. The summed E-state index contributed by atoms with van der Waals surface area (Å²) < 4.78 is 0. The molecular weight excluding hydrogens is 156 g/mol. The lowest BCUT2D eigenvalue weighted by Crippen LogP contribution is -2.26. The van der Waals surface area contributed by atoms with Gasteiger partial charge in [-0.2, -0.15) is 0 Å². The van der Waals surface area contributed by atoms with E-state index in [0.29, 0.717) is 0 Å². The highest BCUT2D eigenvalue weighted by molar-refractivity contribution is 7.78. The van der Waals surface area contributed by atoms with Crippen LogP contribution in [0.25, 0.3) is 0 Å². The molecule has 0 heterocycles. The van der Waals surface area contributed by atoms with Crippen LogP contribution in [0.5, 0.6) is 0 Å². The largest absolute Gasteiger partial charge is 0.382 e. The van der Waals surface area contributed by atoms with Crippen molar-refractivity contribution in [1.82, 2.24) is 10.2 Å². The van der Waals surface area contributed by atoms with Gasteiger partial charge in [-0.1, -0.05) is 26.1 Å². The van der Waals surface area contributed by atoms with Crippen molar-refractivity contribution in [2.75, 3.05) is 26.2 Å². The van der Waals surface area contributed by atoms with Gasteiger partial charge in [0, 0.05) is 6.54 Å². The first-order valence-corrected chi connectivity index (χ1v) is 4.71.